The maximum atomic E-state index is 8.23. The van der Waals surface area contributed by atoms with Crippen LogP contribution in [0, 0.1) is 0 Å². The van der Waals surface area contributed by atoms with Crippen LogP contribution in [-0.4, -0.2) is 12.1 Å². The second-order valence-electron chi connectivity index (χ2n) is 2.83. The van der Waals surface area contributed by atoms with Crippen LogP contribution in [0.5, 0.6) is 0 Å². The molecule has 6 nitrogen and oxygen atoms in total. The van der Waals surface area contributed by atoms with Gasteiger partial charge in [0, 0.05) is 21.9 Å². The Bertz CT molecular complexity index is 210. The highest BCUT2D eigenvalue weighted by molar-refractivity contribution is 4.86. The third-order valence-electron chi connectivity index (χ3n) is 2.09. The lowest BCUT2D eigenvalue weighted by Crippen LogP contribution is -2.25. The van der Waals surface area contributed by atoms with Gasteiger partial charge in [0.05, 0.1) is 0 Å². The van der Waals surface area contributed by atoms with E-state index in [-0.39, 0.29) is 12.1 Å². The molecule has 0 spiro atoms. The fourth-order valence-corrected chi connectivity index (χ4v) is 1.49. The van der Waals surface area contributed by atoms with Crippen molar-refractivity contribution in [2.75, 3.05) is 0 Å². The molecule has 0 saturated heterocycles. The number of rotatable bonds is 2. The van der Waals surface area contributed by atoms with Crippen LogP contribution in [0.15, 0.2) is 10.2 Å². The minimum Gasteiger partial charge on any atom is -0.0902 e. The van der Waals surface area contributed by atoms with E-state index in [2.05, 4.69) is 20.1 Å². The largest absolute Gasteiger partial charge is 0.0902 e. The molecule has 12 heavy (non-hydrogen) atoms. The summed E-state index contributed by atoms with van der Waals surface area (Å²) in [5.41, 5.74) is 16.5. The monoisotopic (exact) mass is 166 g/mol. The van der Waals surface area contributed by atoms with Crippen LogP contribution in [0.1, 0.15) is 25.7 Å². The van der Waals surface area contributed by atoms with Gasteiger partial charge in [-0.1, -0.05) is 23.1 Å². The van der Waals surface area contributed by atoms with Crippen LogP contribution in [0.25, 0.3) is 20.9 Å². The van der Waals surface area contributed by atoms with Crippen molar-refractivity contribution in [3.05, 3.63) is 20.9 Å². The standard InChI is InChI=1S/C6H10N6/c7-11-9-5-3-1-2-4-6(5)10-12-8/h5-6H,1-4H2/t5-,6-/m0/s1. The molecule has 2 atom stereocenters. The normalized spacial score (nSPS) is 28.3. The lowest BCUT2D eigenvalue weighted by atomic mass is 9.92. The Morgan fingerprint density at radius 1 is 0.917 bits per heavy atom. The predicted octanol–water partition coefficient (Wildman–Crippen LogP) is 2.92. The Morgan fingerprint density at radius 3 is 1.67 bits per heavy atom. The molecule has 1 fully saturated rings. The highest BCUT2D eigenvalue weighted by Gasteiger charge is 2.22. The highest BCUT2D eigenvalue weighted by Crippen LogP contribution is 2.23. The minimum atomic E-state index is -0.125. The smallest absolute Gasteiger partial charge is 0.0458 e. The molecule has 0 aromatic carbocycles. The minimum absolute atomic E-state index is 0.125. The van der Waals surface area contributed by atoms with E-state index >= 15 is 0 Å². The van der Waals surface area contributed by atoms with E-state index in [0.29, 0.717) is 0 Å². The lowest BCUT2D eigenvalue weighted by molar-refractivity contribution is 0.383. The van der Waals surface area contributed by atoms with E-state index in [1.165, 1.54) is 0 Å². The first kappa shape index (κ1) is 8.71. The summed E-state index contributed by atoms with van der Waals surface area (Å²) < 4.78 is 0. The Labute approximate surface area is 69.8 Å². The van der Waals surface area contributed by atoms with Gasteiger partial charge in [-0.05, 0) is 23.9 Å². The summed E-state index contributed by atoms with van der Waals surface area (Å²) >= 11 is 0. The van der Waals surface area contributed by atoms with E-state index < -0.39 is 0 Å². The van der Waals surface area contributed by atoms with E-state index in [4.69, 9.17) is 11.1 Å². The Kier molecular flexibility index (Phi) is 3.26. The Morgan fingerprint density at radius 2 is 1.33 bits per heavy atom. The zero-order valence-electron chi connectivity index (χ0n) is 6.67. The van der Waals surface area contributed by atoms with Gasteiger partial charge >= 0.3 is 0 Å². The first-order valence-electron chi connectivity index (χ1n) is 3.97. The molecule has 1 rings (SSSR count). The molecule has 1 aliphatic rings. The van der Waals surface area contributed by atoms with E-state index in [1.807, 2.05) is 0 Å². The number of hydrogen-bond donors (Lipinski definition) is 0. The van der Waals surface area contributed by atoms with Crippen molar-refractivity contribution in [2.45, 2.75) is 37.8 Å². The number of nitrogens with zero attached hydrogens (tertiary/aromatic N) is 6. The topological polar surface area (TPSA) is 97.5 Å². The first-order valence-corrected chi connectivity index (χ1v) is 3.97. The summed E-state index contributed by atoms with van der Waals surface area (Å²) in [5, 5.41) is 7.20. The van der Waals surface area contributed by atoms with Crippen LogP contribution in [0.3, 0.4) is 0 Å². The molecule has 0 heterocycles. The van der Waals surface area contributed by atoms with Crippen molar-refractivity contribution in [1.82, 2.24) is 0 Å². The molecule has 0 radical (unpaired) electrons. The molecular formula is C6H10N6. The molecule has 1 saturated carbocycles. The van der Waals surface area contributed by atoms with Crippen LogP contribution in [-0.2, 0) is 0 Å². The zero-order valence-corrected chi connectivity index (χ0v) is 6.67. The zero-order chi connectivity index (χ0) is 8.81. The fraction of sp³-hybridized carbons (Fsp3) is 1.00. The molecule has 0 bridgehead atoms. The Balaban J connectivity index is 2.65. The van der Waals surface area contributed by atoms with Crippen molar-refractivity contribution >= 4 is 0 Å². The fourth-order valence-electron chi connectivity index (χ4n) is 1.49. The van der Waals surface area contributed by atoms with Crippen LogP contribution in [0.4, 0.5) is 0 Å². The van der Waals surface area contributed by atoms with Gasteiger partial charge in [0.2, 0.25) is 0 Å². The van der Waals surface area contributed by atoms with Crippen molar-refractivity contribution in [3.8, 4) is 0 Å². The molecule has 0 unspecified atom stereocenters. The summed E-state index contributed by atoms with van der Waals surface area (Å²) in [4.78, 5) is 5.47. The molecule has 0 aliphatic heterocycles. The van der Waals surface area contributed by atoms with E-state index in [1.54, 1.807) is 0 Å². The van der Waals surface area contributed by atoms with E-state index in [9.17, 15) is 0 Å². The van der Waals surface area contributed by atoms with Crippen molar-refractivity contribution in [1.29, 1.82) is 0 Å². The number of azide groups is 2. The van der Waals surface area contributed by atoms with Gasteiger partial charge in [-0.25, -0.2) is 0 Å². The number of hydrogen-bond acceptors (Lipinski definition) is 2. The molecule has 0 aromatic rings. The maximum Gasteiger partial charge on any atom is 0.0458 e. The quantitative estimate of drug-likeness (QED) is 0.342. The first-order chi connectivity index (χ1) is 5.88. The third-order valence-corrected chi connectivity index (χ3v) is 2.09. The van der Waals surface area contributed by atoms with Gasteiger partial charge < -0.3 is 0 Å². The third kappa shape index (κ3) is 2.05. The van der Waals surface area contributed by atoms with Crippen LogP contribution in [0.2, 0.25) is 0 Å². The van der Waals surface area contributed by atoms with E-state index in [0.717, 1.165) is 25.7 Å². The molecule has 0 aromatic heterocycles. The Hall–Kier alpha value is -1.38. The van der Waals surface area contributed by atoms with Gasteiger partial charge in [-0.15, -0.1) is 0 Å². The molecule has 0 N–H and O–H groups in total. The second kappa shape index (κ2) is 4.49. The van der Waals surface area contributed by atoms with Gasteiger partial charge in [0.1, 0.15) is 0 Å². The van der Waals surface area contributed by atoms with Gasteiger partial charge in [0.15, 0.2) is 0 Å². The molecular weight excluding hydrogens is 156 g/mol. The molecule has 0 amide bonds. The van der Waals surface area contributed by atoms with Crippen molar-refractivity contribution < 1.29 is 0 Å². The summed E-state index contributed by atoms with van der Waals surface area (Å²) in [6.07, 6.45) is 3.80. The van der Waals surface area contributed by atoms with Crippen LogP contribution >= 0.6 is 0 Å². The average molecular weight is 166 g/mol. The molecule has 6 heteroatoms. The summed E-state index contributed by atoms with van der Waals surface area (Å²) in [5.74, 6) is 0. The van der Waals surface area contributed by atoms with Crippen molar-refractivity contribution in [3.63, 3.8) is 0 Å². The van der Waals surface area contributed by atoms with Crippen LogP contribution < -0.4 is 0 Å². The predicted molar refractivity (Wildman–Crippen MR) is 44.3 cm³/mol. The van der Waals surface area contributed by atoms with Gasteiger partial charge in [-0.2, -0.15) is 0 Å². The summed E-state index contributed by atoms with van der Waals surface area (Å²) in [6.45, 7) is 0. The SMILES string of the molecule is [N-]=[N+]=N[C@H]1CCCC[C@@H]1N=[N+]=[N-]. The van der Waals surface area contributed by atoms with Crippen molar-refractivity contribution in [2.24, 2.45) is 10.2 Å². The maximum absolute atomic E-state index is 8.23. The second-order valence-corrected chi connectivity index (χ2v) is 2.83. The molecule has 1 aliphatic carbocycles. The summed E-state index contributed by atoms with van der Waals surface area (Å²) in [7, 11) is 0. The lowest BCUT2D eigenvalue weighted by Gasteiger charge is -2.23. The average Bonchev–Trinajstić information content (AvgIpc) is 2.09. The van der Waals surface area contributed by atoms with Gasteiger partial charge in [0.25, 0.3) is 0 Å². The molecule has 64 valence electrons. The highest BCUT2D eigenvalue weighted by atomic mass is 15.2. The summed E-state index contributed by atoms with van der Waals surface area (Å²) in [6, 6.07) is -0.251. The van der Waals surface area contributed by atoms with Gasteiger partial charge in [-0.3, -0.25) is 0 Å².